The monoisotopic (exact) mass is 356 g/mol. The van der Waals surface area contributed by atoms with Gasteiger partial charge in [-0.05, 0) is 26.0 Å². The van der Waals surface area contributed by atoms with Crippen molar-refractivity contribution in [2.45, 2.75) is 13.8 Å². The highest BCUT2D eigenvalue weighted by Crippen LogP contribution is 2.21. The van der Waals surface area contributed by atoms with Crippen LogP contribution < -0.4 is 16.0 Å². The quantitative estimate of drug-likeness (QED) is 0.564. The number of hydrogen-bond donors (Lipinski definition) is 3. The van der Waals surface area contributed by atoms with Gasteiger partial charge in [0.05, 0.1) is 10.2 Å². The lowest BCUT2D eigenvalue weighted by atomic mass is 10.3. The van der Waals surface area contributed by atoms with Crippen LogP contribution in [-0.4, -0.2) is 40.5 Å². The number of hydrogen-bond acceptors (Lipinski definition) is 7. The molecule has 1 aromatic carbocycles. The molecule has 3 aromatic rings. The lowest BCUT2D eigenvalue weighted by Crippen LogP contribution is -2.29. The third-order valence-electron chi connectivity index (χ3n) is 3.39. The first kappa shape index (κ1) is 17.1. The van der Waals surface area contributed by atoms with Crippen LogP contribution in [0, 0.1) is 6.92 Å². The normalized spacial score (nSPS) is 10.6. The van der Waals surface area contributed by atoms with Crippen LogP contribution >= 0.6 is 11.3 Å². The molecule has 1 amide bonds. The zero-order chi connectivity index (χ0) is 17.6. The number of nitrogens with zero attached hydrogens (tertiary/aromatic N) is 3. The number of rotatable bonds is 7. The molecule has 0 fully saturated rings. The van der Waals surface area contributed by atoms with E-state index in [2.05, 4.69) is 30.9 Å². The molecule has 0 atom stereocenters. The maximum Gasteiger partial charge on any atom is 0.280 e. The Balaban J connectivity index is 1.52. The van der Waals surface area contributed by atoms with Gasteiger partial charge in [-0.2, -0.15) is 4.98 Å². The van der Waals surface area contributed by atoms with Crippen LogP contribution in [0.5, 0.6) is 0 Å². The zero-order valence-electron chi connectivity index (χ0n) is 14.2. The number of amides is 1. The number of thiazole rings is 1. The van der Waals surface area contributed by atoms with E-state index < -0.39 is 0 Å². The summed E-state index contributed by atoms with van der Waals surface area (Å²) in [5.41, 5.74) is 1.73. The molecule has 2 aromatic heterocycles. The summed E-state index contributed by atoms with van der Waals surface area (Å²) < 4.78 is 1.01. The Morgan fingerprint density at radius 3 is 2.76 bits per heavy atom. The van der Waals surface area contributed by atoms with Crippen molar-refractivity contribution in [1.29, 1.82) is 0 Å². The van der Waals surface area contributed by atoms with Gasteiger partial charge in [-0.25, -0.2) is 9.97 Å². The molecule has 0 radical (unpaired) electrons. The number of nitrogens with one attached hydrogen (secondary N) is 3. The predicted octanol–water partition coefficient (Wildman–Crippen LogP) is 2.67. The highest BCUT2D eigenvalue weighted by molar-refractivity contribution is 7.20. The first-order chi connectivity index (χ1) is 12.2. The second kappa shape index (κ2) is 7.89. The molecular formula is C17H20N6OS. The fraction of sp³-hybridized carbons (Fsp3) is 0.294. The van der Waals surface area contributed by atoms with Gasteiger partial charge < -0.3 is 16.0 Å². The summed E-state index contributed by atoms with van der Waals surface area (Å²) in [6.45, 7) is 5.73. The predicted molar refractivity (Wildman–Crippen MR) is 101 cm³/mol. The molecule has 0 saturated carbocycles. The third kappa shape index (κ3) is 4.42. The molecule has 0 saturated heterocycles. The SMILES string of the molecule is CCNc1cc(C)nc(NCCNC(=O)c2nc3ccccc3s2)n1. The van der Waals surface area contributed by atoms with Gasteiger partial charge in [-0.3, -0.25) is 4.79 Å². The smallest absolute Gasteiger partial charge is 0.280 e. The first-order valence-corrected chi connectivity index (χ1v) is 8.94. The minimum Gasteiger partial charge on any atom is -0.370 e. The van der Waals surface area contributed by atoms with Crippen molar-refractivity contribution >= 4 is 39.2 Å². The number of carbonyl (C=O) groups excluding carboxylic acids is 1. The summed E-state index contributed by atoms with van der Waals surface area (Å²) in [5.74, 6) is 1.17. The van der Waals surface area contributed by atoms with Gasteiger partial charge in [-0.1, -0.05) is 12.1 Å². The number of benzene rings is 1. The van der Waals surface area contributed by atoms with Crippen LogP contribution in [0.15, 0.2) is 30.3 Å². The fourth-order valence-electron chi connectivity index (χ4n) is 2.31. The summed E-state index contributed by atoms with van der Waals surface area (Å²) in [6.07, 6.45) is 0. The van der Waals surface area contributed by atoms with Crippen molar-refractivity contribution in [2.24, 2.45) is 0 Å². The topological polar surface area (TPSA) is 91.8 Å². The number of fused-ring (bicyclic) bond motifs is 1. The second-order valence-corrected chi connectivity index (χ2v) is 6.45. The summed E-state index contributed by atoms with van der Waals surface area (Å²) in [5, 5.41) is 9.62. The standard InChI is InChI=1S/C17H20N6OS/c1-3-18-14-10-11(2)21-17(23-14)20-9-8-19-15(24)16-22-12-6-4-5-7-13(12)25-16/h4-7,10H,3,8-9H2,1-2H3,(H,19,24)(H2,18,20,21,23). The van der Waals surface area contributed by atoms with E-state index in [-0.39, 0.29) is 5.91 Å². The van der Waals surface area contributed by atoms with E-state index >= 15 is 0 Å². The molecule has 0 aliphatic heterocycles. The molecule has 8 heteroatoms. The minimum atomic E-state index is -0.165. The molecule has 7 nitrogen and oxygen atoms in total. The molecule has 0 bridgehead atoms. The minimum absolute atomic E-state index is 0.165. The van der Waals surface area contributed by atoms with Crippen LogP contribution in [0.2, 0.25) is 0 Å². The number of carbonyl (C=O) groups is 1. The van der Waals surface area contributed by atoms with Gasteiger partial charge in [0, 0.05) is 31.4 Å². The first-order valence-electron chi connectivity index (χ1n) is 8.13. The molecule has 25 heavy (non-hydrogen) atoms. The third-order valence-corrected chi connectivity index (χ3v) is 4.43. The number of para-hydroxylation sites is 1. The van der Waals surface area contributed by atoms with E-state index in [1.54, 1.807) is 0 Å². The molecule has 0 aliphatic carbocycles. The van der Waals surface area contributed by atoms with E-state index in [4.69, 9.17) is 0 Å². The van der Waals surface area contributed by atoms with Gasteiger partial charge >= 0.3 is 0 Å². The Labute approximate surface area is 149 Å². The lowest BCUT2D eigenvalue weighted by molar-refractivity contribution is 0.0955. The lowest BCUT2D eigenvalue weighted by Gasteiger charge is -2.09. The van der Waals surface area contributed by atoms with Crippen LogP contribution in [-0.2, 0) is 0 Å². The van der Waals surface area contributed by atoms with Crippen molar-refractivity contribution in [3.8, 4) is 0 Å². The molecule has 0 aliphatic rings. The number of aromatic nitrogens is 3. The van der Waals surface area contributed by atoms with Crippen LogP contribution in [0.1, 0.15) is 22.4 Å². The van der Waals surface area contributed by atoms with Crippen LogP contribution in [0.4, 0.5) is 11.8 Å². The highest BCUT2D eigenvalue weighted by atomic mass is 32.1. The number of aryl methyl sites for hydroxylation is 1. The maximum atomic E-state index is 12.2. The van der Waals surface area contributed by atoms with Crippen molar-refractivity contribution in [2.75, 3.05) is 30.3 Å². The van der Waals surface area contributed by atoms with Crippen LogP contribution in [0.3, 0.4) is 0 Å². The Bertz CT molecular complexity index is 845. The summed E-state index contributed by atoms with van der Waals surface area (Å²) in [7, 11) is 0. The van der Waals surface area contributed by atoms with E-state index in [1.807, 2.05) is 44.2 Å². The Kier molecular flexibility index (Phi) is 5.39. The summed E-state index contributed by atoms with van der Waals surface area (Å²) >= 11 is 1.39. The van der Waals surface area contributed by atoms with Gasteiger partial charge in [0.2, 0.25) is 5.95 Å². The molecule has 2 heterocycles. The molecule has 0 unspecified atom stereocenters. The van der Waals surface area contributed by atoms with Crippen molar-refractivity contribution in [3.05, 3.63) is 41.0 Å². The molecule has 0 spiro atoms. The molecular weight excluding hydrogens is 336 g/mol. The van der Waals surface area contributed by atoms with Gasteiger partial charge in [0.15, 0.2) is 5.01 Å². The van der Waals surface area contributed by atoms with E-state index in [9.17, 15) is 4.79 Å². The molecule has 130 valence electrons. The average Bonchev–Trinajstić information content (AvgIpc) is 3.02. The average molecular weight is 356 g/mol. The summed E-state index contributed by atoms with van der Waals surface area (Å²) in [6, 6.07) is 9.61. The fourth-order valence-corrected chi connectivity index (χ4v) is 3.20. The molecule has 3 rings (SSSR count). The van der Waals surface area contributed by atoms with Gasteiger partial charge in [0.1, 0.15) is 5.82 Å². The second-order valence-electron chi connectivity index (χ2n) is 5.42. The molecule has 3 N–H and O–H groups in total. The van der Waals surface area contributed by atoms with E-state index in [0.29, 0.717) is 24.0 Å². The van der Waals surface area contributed by atoms with E-state index in [1.165, 1.54) is 11.3 Å². The Morgan fingerprint density at radius 1 is 1.12 bits per heavy atom. The number of anilines is 2. The Morgan fingerprint density at radius 2 is 1.96 bits per heavy atom. The maximum absolute atomic E-state index is 12.2. The zero-order valence-corrected chi connectivity index (χ0v) is 15.0. The Hall–Kier alpha value is -2.74. The largest absolute Gasteiger partial charge is 0.370 e. The van der Waals surface area contributed by atoms with Crippen LogP contribution in [0.25, 0.3) is 10.2 Å². The van der Waals surface area contributed by atoms with E-state index in [0.717, 1.165) is 28.3 Å². The van der Waals surface area contributed by atoms with Gasteiger partial charge in [-0.15, -0.1) is 11.3 Å². The van der Waals surface area contributed by atoms with Crippen molar-refractivity contribution in [1.82, 2.24) is 20.3 Å². The summed E-state index contributed by atoms with van der Waals surface area (Å²) in [4.78, 5) is 25.2. The van der Waals surface area contributed by atoms with Gasteiger partial charge in [0.25, 0.3) is 5.91 Å². The van der Waals surface area contributed by atoms with Crippen molar-refractivity contribution < 1.29 is 4.79 Å². The highest BCUT2D eigenvalue weighted by Gasteiger charge is 2.11. The van der Waals surface area contributed by atoms with Crippen molar-refractivity contribution in [3.63, 3.8) is 0 Å².